The van der Waals surface area contributed by atoms with E-state index in [0.29, 0.717) is 36.4 Å². The molecule has 1 amide bonds. The number of rotatable bonds is 3. The van der Waals surface area contributed by atoms with Crippen LogP contribution in [0.1, 0.15) is 9.67 Å². The fraction of sp³-hybridized carbons (Fsp3) is 0.0625. The van der Waals surface area contributed by atoms with E-state index in [-0.39, 0.29) is 5.82 Å². The summed E-state index contributed by atoms with van der Waals surface area (Å²) >= 11 is 13.3. The molecule has 1 heterocycles. The molecular weight excluding hydrogens is 360 g/mol. The molecule has 23 heavy (non-hydrogen) atoms. The number of methoxy groups -OCH3 is 1. The summed E-state index contributed by atoms with van der Waals surface area (Å²) in [6.07, 6.45) is 0. The predicted molar refractivity (Wildman–Crippen MR) is 92.8 cm³/mol. The van der Waals surface area contributed by atoms with Gasteiger partial charge in [0.25, 0.3) is 5.91 Å². The van der Waals surface area contributed by atoms with Crippen molar-refractivity contribution in [2.45, 2.75) is 0 Å². The SMILES string of the molecule is COc1ccc(Cl)cc1NC(=O)c1sc2cc(F)ccc2c1Cl. The first-order valence-electron chi connectivity index (χ1n) is 6.52. The van der Waals surface area contributed by atoms with Crippen molar-refractivity contribution in [1.29, 1.82) is 0 Å². The van der Waals surface area contributed by atoms with Crippen LogP contribution in [0.15, 0.2) is 36.4 Å². The van der Waals surface area contributed by atoms with Crippen LogP contribution in [0.2, 0.25) is 10.0 Å². The lowest BCUT2D eigenvalue weighted by Gasteiger charge is -2.10. The molecule has 0 saturated heterocycles. The van der Waals surface area contributed by atoms with Gasteiger partial charge in [-0.15, -0.1) is 11.3 Å². The lowest BCUT2D eigenvalue weighted by molar-refractivity contribution is 0.103. The molecule has 0 radical (unpaired) electrons. The van der Waals surface area contributed by atoms with Gasteiger partial charge in [0.1, 0.15) is 16.4 Å². The Bertz CT molecular complexity index is 910. The molecule has 0 fully saturated rings. The first-order chi connectivity index (χ1) is 11.0. The normalized spacial score (nSPS) is 10.8. The zero-order chi connectivity index (χ0) is 16.6. The van der Waals surface area contributed by atoms with Crippen LogP contribution < -0.4 is 10.1 Å². The van der Waals surface area contributed by atoms with Crippen molar-refractivity contribution in [3.8, 4) is 5.75 Å². The molecule has 1 N–H and O–H groups in total. The molecule has 0 unspecified atom stereocenters. The second-order valence-corrected chi connectivity index (χ2v) is 6.55. The summed E-state index contributed by atoms with van der Waals surface area (Å²) in [6, 6.07) is 9.11. The summed E-state index contributed by atoms with van der Waals surface area (Å²) < 4.78 is 19.1. The second-order valence-electron chi connectivity index (χ2n) is 4.68. The third-order valence-corrected chi connectivity index (χ3v) is 5.10. The van der Waals surface area contributed by atoms with E-state index in [0.717, 1.165) is 11.3 Å². The summed E-state index contributed by atoms with van der Waals surface area (Å²) in [7, 11) is 1.49. The van der Waals surface area contributed by atoms with Crippen molar-refractivity contribution in [2.75, 3.05) is 12.4 Å². The highest BCUT2D eigenvalue weighted by atomic mass is 35.5. The molecule has 0 aliphatic heterocycles. The first kappa shape index (κ1) is 16.1. The van der Waals surface area contributed by atoms with Crippen LogP contribution in [-0.2, 0) is 0 Å². The van der Waals surface area contributed by atoms with Crippen LogP contribution in [0, 0.1) is 5.82 Å². The van der Waals surface area contributed by atoms with Gasteiger partial charge in [0.2, 0.25) is 0 Å². The smallest absolute Gasteiger partial charge is 0.267 e. The minimum Gasteiger partial charge on any atom is -0.495 e. The molecule has 3 aromatic rings. The quantitative estimate of drug-likeness (QED) is 0.651. The lowest BCUT2D eigenvalue weighted by atomic mass is 10.2. The third-order valence-electron chi connectivity index (χ3n) is 3.21. The van der Waals surface area contributed by atoms with Gasteiger partial charge in [-0.2, -0.15) is 0 Å². The number of carbonyl (C=O) groups is 1. The van der Waals surface area contributed by atoms with E-state index >= 15 is 0 Å². The Kier molecular flexibility index (Phi) is 4.43. The van der Waals surface area contributed by atoms with E-state index in [4.69, 9.17) is 27.9 Å². The fourth-order valence-electron chi connectivity index (χ4n) is 2.14. The Labute approximate surface area is 145 Å². The standard InChI is InChI=1S/C16H10Cl2FNO2S/c1-22-12-5-2-8(17)6-11(12)20-16(21)15-14(18)10-4-3-9(19)7-13(10)23-15/h2-7H,1H3,(H,20,21). The highest BCUT2D eigenvalue weighted by Crippen LogP contribution is 2.37. The Morgan fingerprint density at radius 1 is 1.22 bits per heavy atom. The summed E-state index contributed by atoms with van der Waals surface area (Å²) in [5.74, 6) is -0.304. The minimum absolute atomic E-state index is 0.295. The monoisotopic (exact) mass is 369 g/mol. The Morgan fingerprint density at radius 3 is 2.74 bits per heavy atom. The van der Waals surface area contributed by atoms with Crippen molar-refractivity contribution >= 4 is 56.2 Å². The van der Waals surface area contributed by atoms with Gasteiger partial charge >= 0.3 is 0 Å². The largest absolute Gasteiger partial charge is 0.495 e. The number of ether oxygens (including phenoxy) is 1. The molecule has 3 nitrogen and oxygen atoms in total. The number of hydrogen-bond donors (Lipinski definition) is 1. The number of amides is 1. The Hall–Kier alpha value is -1.82. The maximum atomic E-state index is 13.3. The maximum Gasteiger partial charge on any atom is 0.267 e. The van der Waals surface area contributed by atoms with Crippen LogP contribution in [0.4, 0.5) is 10.1 Å². The number of anilines is 1. The number of benzene rings is 2. The number of thiophene rings is 1. The summed E-state index contributed by atoms with van der Waals surface area (Å²) in [4.78, 5) is 12.8. The number of hydrogen-bond acceptors (Lipinski definition) is 3. The van der Waals surface area contributed by atoms with Gasteiger partial charge in [-0.05, 0) is 36.4 Å². The van der Waals surface area contributed by atoms with Crippen LogP contribution in [0.5, 0.6) is 5.75 Å². The third kappa shape index (κ3) is 3.13. The van der Waals surface area contributed by atoms with Gasteiger partial charge in [0.15, 0.2) is 0 Å². The van der Waals surface area contributed by atoms with Crippen molar-refractivity contribution in [1.82, 2.24) is 0 Å². The molecule has 0 aliphatic carbocycles. The molecule has 0 aliphatic rings. The number of nitrogens with one attached hydrogen (secondary N) is 1. The lowest BCUT2D eigenvalue weighted by Crippen LogP contribution is -2.11. The fourth-order valence-corrected chi connectivity index (χ4v) is 3.75. The molecule has 2 aromatic carbocycles. The van der Waals surface area contributed by atoms with Gasteiger partial charge in [0, 0.05) is 15.1 Å². The van der Waals surface area contributed by atoms with Crippen LogP contribution in [0.25, 0.3) is 10.1 Å². The average Bonchev–Trinajstić information content (AvgIpc) is 2.84. The van der Waals surface area contributed by atoms with Gasteiger partial charge in [-0.25, -0.2) is 4.39 Å². The van der Waals surface area contributed by atoms with Crippen molar-refractivity contribution < 1.29 is 13.9 Å². The molecule has 1 aromatic heterocycles. The molecule has 3 rings (SSSR count). The molecular formula is C16H10Cl2FNO2S. The highest BCUT2D eigenvalue weighted by molar-refractivity contribution is 7.21. The minimum atomic E-state index is -0.405. The number of fused-ring (bicyclic) bond motifs is 1. The zero-order valence-corrected chi connectivity index (χ0v) is 14.2. The molecule has 0 spiro atoms. The van der Waals surface area contributed by atoms with Crippen molar-refractivity contribution in [3.63, 3.8) is 0 Å². The van der Waals surface area contributed by atoms with Crippen LogP contribution >= 0.6 is 34.5 Å². The van der Waals surface area contributed by atoms with Crippen molar-refractivity contribution in [3.05, 3.63) is 57.1 Å². The second kappa shape index (κ2) is 6.35. The van der Waals surface area contributed by atoms with E-state index in [2.05, 4.69) is 5.32 Å². The van der Waals surface area contributed by atoms with Crippen LogP contribution in [0.3, 0.4) is 0 Å². The molecule has 0 atom stereocenters. The van der Waals surface area contributed by atoms with Crippen LogP contribution in [-0.4, -0.2) is 13.0 Å². The van der Waals surface area contributed by atoms with Gasteiger partial charge in [-0.3, -0.25) is 4.79 Å². The number of halogens is 3. The molecule has 118 valence electrons. The Morgan fingerprint density at radius 2 is 2.00 bits per heavy atom. The average molecular weight is 370 g/mol. The molecule has 0 saturated carbocycles. The molecule has 7 heteroatoms. The maximum absolute atomic E-state index is 13.3. The van der Waals surface area contributed by atoms with Gasteiger partial charge < -0.3 is 10.1 Å². The highest BCUT2D eigenvalue weighted by Gasteiger charge is 2.19. The summed E-state index contributed by atoms with van der Waals surface area (Å²) in [5, 5.41) is 4.12. The first-order valence-corrected chi connectivity index (χ1v) is 8.09. The van der Waals surface area contributed by atoms with Crippen molar-refractivity contribution in [2.24, 2.45) is 0 Å². The topological polar surface area (TPSA) is 38.3 Å². The predicted octanol–water partition coefficient (Wildman–Crippen LogP) is 5.61. The zero-order valence-electron chi connectivity index (χ0n) is 11.8. The van der Waals surface area contributed by atoms with E-state index in [1.807, 2.05) is 0 Å². The van der Waals surface area contributed by atoms with E-state index < -0.39 is 5.91 Å². The van der Waals surface area contributed by atoms with E-state index in [1.165, 1.54) is 19.2 Å². The van der Waals surface area contributed by atoms with Gasteiger partial charge in [-0.1, -0.05) is 23.2 Å². The summed E-state index contributed by atoms with van der Waals surface area (Å²) in [5.41, 5.74) is 0.435. The molecule has 0 bridgehead atoms. The summed E-state index contributed by atoms with van der Waals surface area (Å²) in [6.45, 7) is 0. The van der Waals surface area contributed by atoms with Gasteiger partial charge in [0.05, 0.1) is 17.8 Å². The number of carbonyl (C=O) groups excluding carboxylic acids is 1. The Balaban J connectivity index is 1.98. The van der Waals surface area contributed by atoms with E-state index in [9.17, 15) is 9.18 Å². The van der Waals surface area contributed by atoms with E-state index in [1.54, 1.807) is 24.3 Å².